The van der Waals surface area contributed by atoms with Gasteiger partial charge in [-0.05, 0) is 18.2 Å². The van der Waals surface area contributed by atoms with Crippen molar-refractivity contribution in [2.45, 2.75) is 0 Å². The highest BCUT2D eigenvalue weighted by atomic mass is 35.5. The highest BCUT2D eigenvalue weighted by molar-refractivity contribution is 6.35. The van der Waals surface area contributed by atoms with Crippen molar-refractivity contribution >= 4 is 34.8 Å². The molecule has 0 heterocycles. The summed E-state index contributed by atoms with van der Waals surface area (Å²) >= 11 is 11.4. The van der Waals surface area contributed by atoms with Crippen LogP contribution in [0.2, 0.25) is 10.0 Å². The van der Waals surface area contributed by atoms with Crippen molar-refractivity contribution in [2.75, 3.05) is 0 Å². The van der Waals surface area contributed by atoms with E-state index in [1.165, 1.54) is 0 Å². The molecule has 3 N–H and O–H groups in total. The van der Waals surface area contributed by atoms with Crippen LogP contribution < -0.4 is 11.1 Å². The Morgan fingerprint density at radius 1 is 1.25 bits per heavy atom. The number of nitrogens with two attached hydrogens (primary N) is 1. The monoisotopic (exact) mass is 202 g/mol. The second kappa shape index (κ2) is 3.65. The van der Waals surface area contributed by atoms with Crippen LogP contribution in [0.5, 0.6) is 0 Å². The van der Waals surface area contributed by atoms with Crippen molar-refractivity contribution in [3.63, 3.8) is 0 Å². The van der Waals surface area contributed by atoms with E-state index in [1.807, 2.05) is 0 Å². The molecule has 0 saturated carbocycles. The van der Waals surface area contributed by atoms with Gasteiger partial charge < -0.3 is 5.73 Å². The number of hydrogen-bond acceptors (Lipinski definition) is 1. The van der Waals surface area contributed by atoms with Gasteiger partial charge >= 0.3 is 0 Å². The Morgan fingerprint density at radius 3 is 2.17 bits per heavy atom. The lowest BCUT2D eigenvalue weighted by atomic mass is 10.3. The van der Waals surface area contributed by atoms with Crippen LogP contribution in [0.1, 0.15) is 0 Å². The second-order valence-corrected chi connectivity index (χ2v) is 3.00. The van der Waals surface area contributed by atoms with Gasteiger partial charge in [0.15, 0.2) is 0 Å². The van der Waals surface area contributed by atoms with E-state index < -0.39 is 0 Å². The Morgan fingerprint density at radius 2 is 1.75 bits per heavy atom. The molecule has 63 valence electrons. The number of hydrogen-bond donors (Lipinski definition) is 2. The molecule has 1 rings (SSSR count). The van der Waals surface area contributed by atoms with E-state index in [4.69, 9.17) is 34.3 Å². The van der Waals surface area contributed by atoms with Crippen LogP contribution in [0.4, 0.5) is 5.69 Å². The quantitative estimate of drug-likeness (QED) is 0.532. The summed E-state index contributed by atoms with van der Waals surface area (Å²) in [7, 11) is 0. The van der Waals surface area contributed by atoms with Gasteiger partial charge in [0, 0.05) is 10.0 Å². The molecule has 0 atom stereocenters. The summed E-state index contributed by atoms with van der Waals surface area (Å²) < 4.78 is 0. The molecule has 1 aromatic rings. The number of guanidine groups is 1. The smallest absolute Gasteiger partial charge is 0.212 e. The van der Waals surface area contributed by atoms with Crippen LogP contribution in [0, 0.1) is 5.41 Å². The predicted octanol–water partition coefficient (Wildman–Crippen LogP) is 2.12. The minimum atomic E-state index is -0.270. The van der Waals surface area contributed by atoms with Crippen molar-refractivity contribution in [1.29, 1.82) is 5.41 Å². The molecule has 0 spiro atoms. The molecular formula is C7H6Cl2N3. The van der Waals surface area contributed by atoms with E-state index in [0.717, 1.165) is 0 Å². The molecule has 5 heteroatoms. The standard InChI is InChI=1S/C7H6Cl2N3/c8-4-1-5(9)3-6(2-4)12-7(10)11/h1-3H,(H3,10,11). The molecule has 0 unspecified atom stereocenters. The van der Waals surface area contributed by atoms with E-state index in [0.29, 0.717) is 15.7 Å². The summed E-state index contributed by atoms with van der Waals surface area (Å²) in [4.78, 5) is 0. The molecule has 0 aliphatic rings. The molecule has 12 heavy (non-hydrogen) atoms. The first-order valence-electron chi connectivity index (χ1n) is 3.10. The van der Waals surface area contributed by atoms with E-state index in [1.54, 1.807) is 18.2 Å². The average Bonchev–Trinajstić information content (AvgIpc) is 1.81. The molecule has 0 fully saturated rings. The minimum absolute atomic E-state index is 0.270. The Hall–Kier alpha value is -0.930. The summed E-state index contributed by atoms with van der Waals surface area (Å²) in [6.45, 7) is 0. The molecule has 0 aliphatic heterocycles. The van der Waals surface area contributed by atoms with E-state index in [2.05, 4.69) is 5.32 Å². The largest absolute Gasteiger partial charge is 0.368 e. The van der Waals surface area contributed by atoms with Crippen molar-refractivity contribution in [3.05, 3.63) is 28.2 Å². The topological polar surface area (TPSA) is 64.0 Å². The molecule has 0 saturated heterocycles. The summed E-state index contributed by atoms with van der Waals surface area (Å²) in [6.07, 6.45) is 0. The fourth-order valence-electron chi connectivity index (χ4n) is 0.743. The van der Waals surface area contributed by atoms with E-state index in [9.17, 15) is 0 Å². The average molecular weight is 203 g/mol. The van der Waals surface area contributed by atoms with Gasteiger partial charge in [0.2, 0.25) is 5.96 Å². The Balaban J connectivity index is 2.93. The van der Waals surface area contributed by atoms with Gasteiger partial charge in [-0.3, -0.25) is 5.41 Å². The Labute approximate surface area is 80.0 Å². The van der Waals surface area contributed by atoms with E-state index >= 15 is 0 Å². The first-order chi connectivity index (χ1) is 5.58. The number of rotatable bonds is 1. The first-order valence-corrected chi connectivity index (χ1v) is 3.85. The third kappa shape index (κ3) is 2.60. The van der Waals surface area contributed by atoms with Crippen molar-refractivity contribution in [1.82, 2.24) is 5.32 Å². The molecular weight excluding hydrogens is 197 g/mol. The van der Waals surface area contributed by atoms with Gasteiger partial charge in [0.25, 0.3) is 0 Å². The summed E-state index contributed by atoms with van der Waals surface area (Å²) in [5.41, 5.74) is 5.54. The fraction of sp³-hybridized carbons (Fsp3) is 0. The van der Waals surface area contributed by atoms with Crippen LogP contribution in [-0.4, -0.2) is 5.96 Å². The van der Waals surface area contributed by atoms with Crippen LogP contribution in [-0.2, 0) is 0 Å². The van der Waals surface area contributed by atoms with E-state index in [-0.39, 0.29) is 5.96 Å². The first kappa shape index (κ1) is 9.16. The Bertz CT molecular complexity index is 291. The third-order valence-electron chi connectivity index (χ3n) is 1.10. The lowest BCUT2D eigenvalue weighted by molar-refractivity contribution is 1.18. The minimum Gasteiger partial charge on any atom is -0.368 e. The van der Waals surface area contributed by atoms with Gasteiger partial charge in [-0.2, -0.15) is 0 Å². The Kier molecular flexibility index (Phi) is 2.78. The van der Waals surface area contributed by atoms with Crippen LogP contribution in [0.3, 0.4) is 0 Å². The van der Waals surface area contributed by atoms with Gasteiger partial charge in [-0.15, -0.1) is 0 Å². The lowest BCUT2D eigenvalue weighted by Gasteiger charge is -2.00. The predicted molar refractivity (Wildman–Crippen MR) is 50.2 cm³/mol. The number of nitrogens with one attached hydrogen (secondary N) is 1. The number of nitrogens with zero attached hydrogens (tertiary/aromatic N) is 1. The SMILES string of the molecule is N=C(N)[N]c1cc(Cl)cc(Cl)c1. The van der Waals surface area contributed by atoms with Crippen LogP contribution >= 0.6 is 23.2 Å². The van der Waals surface area contributed by atoms with Gasteiger partial charge in [0.05, 0.1) is 5.69 Å². The zero-order valence-corrected chi connectivity index (χ0v) is 7.52. The highest BCUT2D eigenvalue weighted by Gasteiger charge is 1.99. The van der Waals surface area contributed by atoms with Crippen LogP contribution in [0.15, 0.2) is 18.2 Å². The zero-order chi connectivity index (χ0) is 9.14. The van der Waals surface area contributed by atoms with Crippen molar-refractivity contribution in [3.8, 4) is 0 Å². The molecule has 0 bridgehead atoms. The maximum Gasteiger partial charge on any atom is 0.212 e. The number of halogens is 2. The zero-order valence-electron chi connectivity index (χ0n) is 6.01. The molecule has 1 aromatic carbocycles. The highest BCUT2D eigenvalue weighted by Crippen LogP contribution is 2.22. The van der Waals surface area contributed by atoms with Gasteiger partial charge in [-0.25, -0.2) is 5.32 Å². The van der Waals surface area contributed by atoms with Crippen molar-refractivity contribution in [2.24, 2.45) is 5.73 Å². The molecule has 1 radical (unpaired) electrons. The van der Waals surface area contributed by atoms with Gasteiger partial charge in [-0.1, -0.05) is 23.2 Å². The molecule has 0 aromatic heterocycles. The van der Waals surface area contributed by atoms with Crippen molar-refractivity contribution < 1.29 is 0 Å². The maximum atomic E-state index is 6.90. The molecule has 3 nitrogen and oxygen atoms in total. The normalized spacial score (nSPS) is 9.50. The molecule has 0 amide bonds. The van der Waals surface area contributed by atoms with Crippen LogP contribution in [0.25, 0.3) is 0 Å². The van der Waals surface area contributed by atoms with Gasteiger partial charge in [0.1, 0.15) is 0 Å². The maximum absolute atomic E-state index is 6.90. The summed E-state index contributed by atoms with van der Waals surface area (Å²) in [5.74, 6) is -0.270. The second-order valence-electron chi connectivity index (χ2n) is 2.12. The number of benzene rings is 1. The fourth-order valence-corrected chi connectivity index (χ4v) is 1.26. The molecule has 0 aliphatic carbocycles. The summed E-state index contributed by atoms with van der Waals surface area (Å²) in [5, 5.41) is 11.5. The summed E-state index contributed by atoms with van der Waals surface area (Å²) in [6, 6.07) is 4.74. The third-order valence-corrected chi connectivity index (χ3v) is 1.53. The lowest BCUT2D eigenvalue weighted by Crippen LogP contribution is -2.19.